The number of hydrogen-bond acceptors (Lipinski definition) is 3. The standard InChI is InChI=1S/C24H22F6N2O2/c25-23(26,27)18-8-6-16(7-9-18)14-15-32(22(33)21(31)17-4-2-1-3-5-17)19-10-12-20(13-11-19)34-24(28,29)30/h2,4-13,21H,1,3,14-15,31H2. The van der Waals surface area contributed by atoms with Crippen molar-refractivity contribution in [3.63, 3.8) is 0 Å². The van der Waals surface area contributed by atoms with E-state index in [-0.39, 0.29) is 18.7 Å². The van der Waals surface area contributed by atoms with Crippen molar-refractivity contribution >= 4 is 11.6 Å². The largest absolute Gasteiger partial charge is 0.573 e. The molecular weight excluding hydrogens is 462 g/mol. The topological polar surface area (TPSA) is 55.6 Å². The molecule has 182 valence electrons. The van der Waals surface area contributed by atoms with Gasteiger partial charge in [-0.15, -0.1) is 13.2 Å². The molecule has 0 saturated carbocycles. The molecule has 34 heavy (non-hydrogen) atoms. The lowest BCUT2D eigenvalue weighted by atomic mass is 9.99. The molecule has 0 heterocycles. The van der Waals surface area contributed by atoms with Crippen LogP contribution in [0.4, 0.5) is 32.0 Å². The summed E-state index contributed by atoms with van der Waals surface area (Å²) in [5.74, 6) is -0.942. The zero-order valence-corrected chi connectivity index (χ0v) is 17.9. The van der Waals surface area contributed by atoms with Gasteiger partial charge in [0.1, 0.15) is 11.8 Å². The Kier molecular flexibility index (Phi) is 7.71. The molecule has 10 heteroatoms. The van der Waals surface area contributed by atoms with Crippen molar-refractivity contribution < 1.29 is 35.9 Å². The van der Waals surface area contributed by atoms with Crippen LogP contribution in [0.25, 0.3) is 0 Å². The van der Waals surface area contributed by atoms with E-state index >= 15 is 0 Å². The van der Waals surface area contributed by atoms with Crippen LogP contribution in [0, 0.1) is 0 Å². The summed E-state index contributed by atoms with van der Waals surface area (Å²) in [6.07, 6.45) is -2.09. The number of amides is 1. The molecule has 4 nitrogen and oxygen atoms in total. The molecule has 1 atom stereocenters. The van der Waals surface area contributed by atoms with E-state index in [1.807, 2.05) is 12.2 Å². The van der Waals surface area contributed by atoms with E-state index in [1.54, 1.807) is 6.08 Å². The first-order chi connectivity index (χ1) is 15.9. The molecule has 0 saturated heterocycles. The van der Waals surface area contributed by atoms with Crippen LogP contribution in [-0.4, -0.2) is 24.9 Å². The molecule has 3 rings (SSSR count). The quantitative estimate of drug-likeness (QED) is 0.507. The molecule has 1 aliphatic rings. The SMILES string of the molecule is NC(C(=O)N(CCc1ccc(C(F)(F)F)cc1)c1ccc(OC(F)(F)F)cc1)C1=CCCC=C1. The van der Waals surface area contributed by atoms with Crippen molar-refractivity contribution in [3.05, 3.63) is 83.5 Å². The van der Waals surface area contributed by atoms with Gasteiger partial charge in [0.2, 0.25) is 5.91 Å². The summed E-state index contributed by atoms with van der Waals surface area (Å²) >= 11 is 0. The van der Waals surface area contributed by atoms with Crippen LogP contribution in [-0.2, 0) is 17.4 Å². The Balaban J connectivity index is 1.82. The van der Waals surface area contributed by atoms with Gasteiger partial charge in [0.05, 0.1) is 5.56 Å². The Morgan fingerprint density at radius 3 is 2.15 bits per heavy atom. The summed E-state index contributed by atoms with van der Waals surface area (Å²) in [5.41, 5.74) is 6.83. The minimum absolute atomic E-state index is 0.0500. The number of carbonyl (C=O) groups is 1. The van der Waals surface area contributed by atoms with Crippen LogP contribution in [0.3, 0.4) is 0 Å². The predicted molar refractivity (Wildman–Crippen MR) is 115 cm³/mol. The van der Waals surface area contributed by atoms with Gasteiger partial charge in [-0.1, -0.05) is 30.4 Å². The van der Waals surface area contributed by atoms with Crippen LogP contribution in [0.2, 0.25) is 0 Å². The number of allylic oxidation sites excluding steroid dienone is 2. The summed E-state index contributed by atoms with van der Waals surface area (Å²) in [6.45, 7) is 0.0500. The number of alkyl halides is 6. The fourth-order valence-electron chi connectivity index (χ4n) is 3.47. The van der Waals surface area contributed by atoms with Crippen molar-refractivity contribution in [2.75, 3.05) is 11.4 Å². The maximum atomic E-state index is 13.2. The number of benzene rings is 2. The molecule has 2 aromatic carbocycles. The molecule has 0 bridgehead atoms. The smallest absolute Gasteiger partial charge is 0.406 e. The van der Waals surface area contributed by atoms with E-state index in [0.29, 0.717) is 11.1 Å². The van der Waals surface area contributed by atoms with Gasteiger partial charge in [0.25, 0.3) is 0 Å². The second-order valence-corrected chi connectivity index (χ2v) is 7.64. The molecule has 2 N–H and O–H groups in total. The average molecular weight is 484 g/mol. The first-order valence-electron chi connectivity index (χ1n) is 10.4. The Morgan fingerprint density at radius 1 is 0.971 bits per heavy atom. The predicted octanol–water partition coefficient (Wildman–Crippen LogP) is 5.78. The number of ether oxygens (including phenoxy) is 1. The van der Waals surface area contributed by atoms with Gasteiger partial charge in [0, 0.05) is 12.2 Å². The molecule has 0 spiro atoms. The first-order valence-corrected chi connectivity index (χ1v) is 10.4. The Bertz CT molecular complexity index is 1040. The number of hydrogen-bond donors (Lipinski definition) is 1. The molecule has 0 radical (unpaired) electrons. The van der Waals surface area contributed by atoms with Crippen molar-refractivity contribution in [2.24, 2.45) is 5.73 Å². The molecule has 0 aromatic heterocycles. The van der Waals surface area contributed by atoms with Gasteiger partial charge >= 0.3 is 12.5 Å². The fourth-order valence-corrected chi connectivity index (χ4v) is 3.47. The first kappa shape index (κ1) is 25.4. The van der Waals surface area contributed by atoms with E-state index in [1.165, 1.54) is 29.2 Å². The number of halogens is 6. The highest BCUT2D eigenvalue weighted by Crippen LogP contribution is 2.30. The van der Waals surface area contributed by atoms with Crippen molar-refractivity contribution in [1.82, 2.24) is 0 Å². The zero-order valence-electron chi connectivity index (χ0n) is 17.9. The van der Waals surface area contributed by atoms with E-state index < -0.39 is 35.8 Å². The van der Waals surface area contributed by atoms with E-state index in [2.05, 4.69) is 4.74 Å². The minimum atomic E-state index is -4.86. The zero-order chi connectivity index (χ0) is 24.9. The normalized spacial score (nSPS) is 15.0. The van der Waals surface area contributed by atoms with E-state index in [4.69, 9.17) is 5.73 Å². The van der Waals surface area contributed by atoms with Gasteiger partial charge in [0.15, 0.2) is 0 Å². The lowest BCUT2D eigenvalue weighted by Crippen LogP contribution is -2.45. The van der Waals surface area contributed by atoms with Crippen LogP contribution in [0.15, 0.2) is 72.3 Å². The Hall–Kier alpha value is -3.27. The highest BCUT2D eigenvalue weighted by atomic mass is 19.4. The van der Waals surface area contributed by atoms with Gasteiger partial charge in [-0.25, -0.2) is 0 Å². The van der Waals surface area contributed by atoms with Gasteiger partial charge in [-0.2, -0.15) is 13.2 Å². The molecule has 1 unspecified atom stereocenters. The van der Waals surface area contributed by atoms with Crippen LogP contribution in [0.5, 0.6) is 5.75 Å². The number of nitrogens with zero attached hydrogens (tertiary/aromatic N) is 1. The summed E-state index contributed by atoms with van der Waals surface area (Å²) in [5, 5.41) is 0. The lowest BCUT2D eigenvalue weighted by Gasteiger charge is -2.27. The summed E-state index contributed by atoms with van der Waals surface area (Å²) in [6, 6.07) is 8.28. The third-order valence-corrected chi connectivity index (χ3v) is 5.20. The lowest BCUT2D eigenvalue weighted by molar-refractivity contribution is -0.274. The second-order valence-electron chi connectivity index (χ2n) is 7.64. The van der Waals surface area contributed by atoms with Crippen LogP contribution >= 0.6 is 0 Å². The molecule has 2 aromatic rings. The van der Waals surface area contributed by atoms with Gasteiger partial charge in [-0.05, 0) is 66.8 Å². The maximum absolute atomic E-state index is 13.2. The number of nitrogens with two attached hydrogens (primary N) is 1. The Morgan fingerprint density at radius 2 is 1.62 bits per heavy atom. The van der Waals surface area contributed by atoms with Crippen LogP contribution in [0.1, 0.15) is 24.0 Å². The van der Waals surface area contributed by atoms with Crippen molar-refractivity contribution in [3.8, 4) is 5.75 Å². The van der Waals surface area contributed by atoms with Crippen molar-refractivity contribution in [2.45, 2.75) is 37.8 Å². The third-order valence-electron chi connectivity index (χ3n) is 5.20. The number of carbonyl (C=O) groups excluding carboxylic acids is 1. The molecule has 0 aliphatic heterocycles. The second kappa shape index (κ2) is 10.3. The van der Waals surface area contributed by atoms with Crippen molar-refractivity contribution in [1.29, 1.82) is 0 Å². The fraction of sp³-hybridized carbons (Fsp3) is 0.292. The highest BCUT2D eigenvalue weighted by Gasteiger charge is 2.32. The number of rotatable bonds is 7. The summed E-state index contributed by atoms with van der Waals surface area (Å²) in [4.78, 5) is 14.5. The monoisotopic (exact) mass is 484 g/mol. The van der Waals surface area contributed by atoms with Crippen LogP contribution < -0.4 is 15.4 Å². The van der Waals surface area contributed by atoms with Gasteiger partial charge in [-0.3, -0.25) is 4.79 Å². The molecule has 1 amide bonds. The van der Waals surface area contributed by atoms with E-state index in [0.717, 1.165) is 37.1 Å². The minimum Gasteiger partial charge on any atom is -0.406 e. The molecule has 1 aliphatic carbocycles. The summed E-state index contributed by atoms with van der Waals surface area (Å²) < 4.78 is 79.7. The summed E-state index contributed by atoms with van der Waals surface area (Å²) in [7, 11) is 0. The average Bonchev–Trinajstić information content (AvgIpc) is 2.79. The van der Waals surface area contributed by atoms with Gasteiger partial charge < -0.3 is 15.4 Å². The highest BCUT2D eigenvalue weighted by molar-refractivity contribution is 5.99. The third kappa shape index (κ3) is 6.86. The Labute approximate surface area is 192 Å². The van der Waals surface area contributed by atoms with E-state index in [9.17, 15) is 31.1 Å². The molecule has 0 fully saturated rings. The molecular formula is C24H22F6N2O2. The number of anilines is 1. The maximum Gasteiger partial charge on any atom is 0.573 e.